The minimum atomic E-state index is -0.776. The molecule has 0 radical (unpaired) electrons. The molecular weight excluding hydrogens is 516 g/mol. The van der Waals surface area contributed by atoms with Gasteiger partial charge in [-0.2, -0.15) is 0 Å². The van der Waals surface area contributed by atoms with Crippen LogP contribution in [-0.2, 0) is 14.1 Å². The Morgan fingerprint density at radius 1 is 0.971 bits per heavy atom. The zero-order valence-corrected chi connectivity index (χ0v) is 20.1. The fourth-order valence-electron chi connectivity index (χ4n) is 4.74. The Morgan fingerprint density at radius 2 is 1.74 bits per heavy atom. The first-order valence-corrected chi connectivity index (χ1v) is 11.5. The van der Waals surface area contributed by atoms with Gasteiger partial charge in [0.15, 0.2) is 16.5 Å². The predicted molar refractivity (Wildman–Crippen MR) is 134 cm³/mol. The molecule has 0 bridgehead atoms. The lowest BCUT2D eigenvalue weighted by molar-refractivity contribution is 0.197. The normalized spacial score (nSPS) is 14.4. The van der Waals surface area contributed by atoms with Crippen LogP contribution >= 0.6 is 15.9 Å². The Bertz CT molecular complexity index is 1780. The van der Waals surface area contributed by atoms with Gasteiger partial charge in [0.2, 0.25) is 0 Å². The van der Waals surface area contributed by atoms with Crippen LogP contribution in [0.4, 0.5) is 5.69 Å². The van der Waals surface area contributed by atoms with Crippen LogP contribution in [0.25, 0.3) is 27.8 Å². The summed E-state index contributed by atoms with van der Waals surface area (Å²) in [4.78, 5) is 38.0. The minimum absolute atomic E-state index is 0.205. The second-order valence-corrected chi connectivity index (χ2v) is 9.03. The Hall–Kier alpha value is -4.18. The third kappa shape index (κ3) is 2.99. The molecular formula is C25H17BrN4O5. The molecule has 1 aliphatic rings. The van der Waals surface area contributed by atoms with Crippen molar-refractivity contribution in [3.63, 3.8) is 0 Å². The van der Waals surface area contributed by atoms with E-state index in [0.29, 0.717) is 44.2 Å². The number of fused-ring (bicyclic) bond motifs is 5. The molecule has 0 N–H and O–H groups in total. The summed E-state index contributed by atoms with van der Waals surface area (Å²) in [5, 5.41) is 3.44. The van der Waals surface area contributed by atoms with E-state index in [1.54, 1.807) is 37.4 Å². The van der Waals surface area contributed by atoms with E-state index in [4.69, 9.17) is 9.15 Å². The summed E-state index contributed by atoms with van der Waals surface area (Å²) < 4.78 is 17.2. The molecule has 0 aliphatic carbocycles. The molecule has 0 saturated heterocycles. The maximum Gasteiger partial charge on any atom is 0.331 e. The number of hydrogen-bond donors (Lipinski definition) is 0. The van der Waals surface area contributed by atoms with Crippen molar-refractivity contribution < 1.29 is 9.15 Å². The van der Waals surface area contributed by atoms with Gasteiger partial charge in [-0.05, 0) is 57.0 Å². The van der Waals surface area contributed by atoms with Crippen LogP contribution in [0.5, 0.6) is 5.75 Å². The first kappa shape index (κ1) is 21.4. The molecule has 0 spiro atoms. The number of ether oxygens (including phenoxy) is 1. The second-order valence-electron chi connectivity index (χ2n) is 8.25. The topological polar surface area (TPSA) is 101 Å². The van der Waals surface area contributed by atoms with Crippen LogP contribution in [0, 0.1) is 4.91 Å². The van der Waals surface area contributed by atoms with E-state index in [1.807, 2.05) is 34.9 Å². The van der Waals surface area contributed by atoms with E-state index >= 15 is 0 Å². The van der Waals surface area contributed by atoms with E-state index in [0.717, 1.165) is 10.1 Å². The van der Waals surface area contributed by atoms with Crippen molar-refractivity contribution in [3.8, 4) is 22.7 Å². The first-order valence-electron chi connectivity index (χ1n) is 10.7. The standard InChI is InChI=1S/C25H17BrN4O5/c1-28-21-19(24(31)29(2)25(28)32)20(13-6-4-3-5-7-13)30-15-12-14(27-33)8-9-16(15)35-23(22(21)30)17-10-11-18(26)34-17/h3-12,23H,1-2H3. The Balaban J connectivity index is 1.88. The van der Waals surface area contributed by atoms with Crippen molar-refractivity contribution in [3.05, 3.63) is 103 Å². The van der Waals surface area contributed by atoms with Crippen molar-refractivity contribution in [2.24, 2.45) is 19.3 Å². The third-order valence-corrected chi connectivity index (χ3v) is 6.72. The lowest BCUT2D eigenvalue weighted by atomic mass is 10.1. The highest BCUT2D eigenvalue weighted by atomic mass is 79.9. The van der Waals surface area contributed by atoms with Crippen LogP contribution in [0.15, 0.2) is 84.5 Å². The van der Waals surface area contributed by atoms with Gasteiger partial charge in [0, 0.05) is 14.1 Å². The van der Waals surface area contributed by atoms with Crippen LogP contribution < -0.4 is 16.0 Å². The SMILES string of the molecule is Cn1c(=O)c2c(-c3ccccc3)n3c(c2n(C)c1=O)C(c1ccc(Br)o1)Oc1ccc(N=O)cc1-3. The average Bonchev–Trinajstić information content (AvgIpc) is 3.48. The van der Waals surface area contributed by atoms with Gasteiger partial charge in [0.25, 0.3) is 5.56 Å². The van der Waals surface area contributed by atoms with Gasteiger partial charge in [-0.3, -0.25) is 13.9 Å². The number of hydrogen-bond acceptors (Lipinski definition) is 6. The van der Waals surface area contributed by atoms with Crippen LogP contribution in [0.3, 0.4) is 0 Å². The number of rotatable bonds is 3. The van der Waals surface area contributed by atoms with E-state index < -0.39 is 17.4 Å². The van der Waals surface area contributed by atoms with E-state index in [-0.39, 0.29) is 5.69 Å². The summed E-state index contributed by atoms with van der Waals surface area (Å²) in [6.45, 7) is 0. The summed E-state index contributed by atoms with van der Waals surface area (Å²) in [5.74, 6) is 0.954. The molecule has 3 aromatic heterocycles. The molecule has 1 atom stereocenters. The predicted octanol–water partition coefficient (Wildman–Crippen LogP) is 4.93. The number of aryl methyl sites for hydroxylation is 1. The number of benzene rings is 2. The van der Waals surface area contributed by atoms with Crippen LogP contribution in [0.1, 0.15) is 17.6 Å². The fourth-order valence-corrected chi connectivity index (χ4v) is 5.06. The largest absolute Gasteiger partial charge is 0.474 e. The smallest absolute Gasteiger partial charge is 0.331 e. The number of nitroso groups, excluding NO2 is 1. The maximum absolute atomic E-state index is 13.6. The van der Waals surface area contributed by atoms with Gasteiger partial charge in [-0.25, -0.2) is 4.79 Å². The van der Waals surface area contributed by atoms with Gasteiger partial charge in [-0.1, -0.05) is 30.3 Å². The third-order valence-electron chi connectivity index (χ3n) is 6.29. The molecule has 174 valence electrons. The quantitative estimate of drug-likeness (QED) is 0.306. The zero-order valence-electron chi connectivity index (χ0n) is 18.6. The fraction of sp³-hybridized carbons (Fsp3) is 0.120. The molecule has 35 heavy (non-hydrogen) atoms. The van der Waals surface area contributed by atoms with E-state index in [2.05, 4.69) is 21.1 Å². The number of halogens is 1. The summed E-state index contributed by atoms with van der Waals surface area (Å²) in [7, 11) is 3.07. The van der Waals surface area contributed by atoms with E-state index in [1.165, 1.54) is 11.6 Å². The summed E-state index contributed by atoms with van der Waals surface area (Å²) in [5.41, 5.74) is 2.13. The van der Waals surface area contributed by atoms with Gasteiger partial charge in [-0.15, -0.1) is 4.91 Å². The molecule has 1 aliphatic heterocycles. The molecule has 4 heterocycles. The Labute approximate surface area is 205 Å². The van der Waals surface area contributed by atoms with Crippen molar-refractivity contribution in [2.45, 2.75) is 6.10 Å². The van der Waals surface area contributed by atoms with Gasteiger partial charge < -0.3 is 13.7 Å². The van der Waals surface area contributed by atoms with Crippen molar-refractivity contribution >= 4 is 32.5 Å². The number of nitrogens with zero attached hydrogens (tertiary/aromatic N) is 4. The molecule has 0 amide bonds. The Morgan fingerprint density at radius 3 is 2.43 bits per heavy atom. The highest BCUT2D eigenvalue weighted by molar-refractivity contribution is 9.10. The lowest BCUT2D eigenvalue weighted by Gasteiger charge is -2.28. The monoisotopic (exact) mass is 532 g/mol. The van der Waals surface area contributed by atoms with Crippen LogP contribution in [0.2, 0.25) is 0 Å². The molecule has 2 aromatic carbocycles. The first-order chi connectivity index (χ1) is 16.9. The molecule has 1 unspecified atom stereocenters. The highest BCUT2D eigenvalue weighted by Crippen LogP contribution is 2.47. The number of furan rings is 1. The van der Waals surface area contributed by atoms with Crippen molar-refractivity contribution in [1.29, 1.82) is 0 Å². The van der Waals surface area contributed by atoms with Crippen molar-refractivity contribution in [1.82, 2.24) is 13.7 Å². The summed E-state index contributed by atoms with van der Waals surface area (Å²) in [6, 6.07) is 17.8. The Kier molecular flexibility index (Phi) is 4.68. The van der Waals surface area contributed by atoms with Crippen molar-refractivity contribution in [2.75, 3.05) is 0 Å². The second kappa shape index (κ2) is 7.67. The molecule has 6 rings (SSSR count). The zero-order chi connectivity index (χ0) is 24.4. The summed E-state index contributed by atoms with van der Waals surface area (Å²) >= 11 is 3.34. The lowest BCUT2D eigenvalue weighted by Crippen LogP contribution is -2.37. The molecule has 5 aromatic rings. The maximum atomic E-state index is 13.6. The number of aromatic nitrogens is 3. The molecule has 0 fully saturated rings. The summed E-state index contributed by atoms with van der Waals surface area (Å²) in [6.07, 6.45) is -0.776. The molecule has 9 nitrogen and oxygen atoms in total. The molecule has 10 heteroatoms. The van der Waals surface area contributed by atoms with Crippen LogP contribution in [-0.4, -0.2) is 13.7 Å². The minimum Gasteiger partial charge on any atom is -0.474 e. The average molecular weight is 533 g/mol. The van der Waals surface area contributed by atoms with E-state index in [9.17, 15) is 14.5 Å². The van der Waals surface area contributed by atoms with Gasteiger partial charge in [0.05, 0.1) is 28.0 Å². The van der Waals surface area contributed by atoms with Gasteiger partial charge >= 0.3 is 5.69 Å². The van der Waals surface area contributed by atoms with Gasteiger partial charge in [0.1, 0.15) is 11.4 Å². The highest BCUT2D eigenvalue weighted by Gasteiger charge is 2.37. The molecule has 0 saturated carbocycles.